The first-order chi connectivity index (χ1) is 7.72. The Labute approximate surface area is 94.2 Å². The normalized spacial score (nSPS) is 15.8. The van der Waals surface area contributed by atoms with Gasteiger partial charge >= 0.3 is 6.03 Å². The number of hydrogen-bond donors (Lipinski definition) is 2. The number of nitrogens with one attached hydrogen (secondary N) is 1. The number of carbonyl (C=O) groups is 1. The number of urea groups is 1. The fourth-order valence-corrected chi connectivity index (χ4v) is 1.78. The van der Waals surface area contributed by atoms with Gasteiger partial charge in [0, 0.05) is 24.8 Å². The van der Waals surface area contributed by atoms with E-state index < -0.39 is 0 Å². The minimum atomic E-state index is -0.0886. The Hall–Kier alpha value is -1.91. The summed E-state index contributed by atoms with van der Waals surface area (Å²) in [6.45, 7) is 1.43. The van der Waals surface area contributed by atoms with Crippen molar-refractivity contribution in [1.82, 2.24) is 5.32 Å². The SMILES string of the molecule is COc1cc(N)ccc1N1CCCNC1=O. The van der Waals surface area contributed by atoms with Crippen LogP contribution in [0.3, 0.4) is 0 Å². The molecule has 5 heteroatoms. The summed E-state index contributed by atoms with van der Waals surface area (Å²) >= 11 is 0. The van der Waals surface area contributed by atoms with Crippen LogP contribution in [0.1, 0.15) is 6.42 Å². The zero-order valence-corrected chi connectivity index (χ0v) is 9.19. The van der Waals surface area contributed by atoms with E-state index in [-0.39, 0.29) is 6.03 Å². The molecule has 1 aliphatic rings. The van der Waals surface area contributed by atoms with E-state index in [2.05, 4.69) is 5.32 Å². The number of amides is 2. The van der Waals surface area contributed by atoms with E-state index in [1.165, 1.54) is 0 Å². The van der Waals surface area contributed by atoms with Crippen molar-refractivity contribution in [2.24, 2.45) is 0 Å². The minimum absolute atomic E-state index is 0.0886. The van der Waals surface area contributed by atoms with Crippen LogP contribution in [0.4, 0.5) is 16.2 Å². The maximum atomic E-state index is 11.7. The molecule has 0 saturated carbocycles. The van der Waals surface area contributed by atoms with Gasteiger partial charge in [-0.05, 0) is 18.6 Å². The number of rotatable bonds is 2. The molecule has 1 aromatic carbocycles. The smallest absolute Gasteiger partial charge is 0.321 e. The van der Waals surface area contributed by atoms with E-state index in [9.17, 15) is 4.79 Å². The Morgan fingerprint density at radius 1 is 1.50 bits per heavy atom. The lowest BCUT2D eigenvalue weighted by atomic mass is 10.2. The average Bonchev–Trinajstić information content (AvgIpc) is 2.30. The molecular weight excluding hydrogens is 206 g/mol. The monoisotopic (exact) mass is 221 g/mol. The summed E-state index contributed by atoms with van der Waals surface area (Å²) in [6.07, 6.45) is 0.930. The summed E-state index contributed by atoms with van der Waals surface area (Å²) in [7, 11) is 1.57. The van der Waals surface area contributed by atoms with Gasteiger partial charge in [0.05, 0.1) is 12.8 Å². The van der Waals surface area contributed by atoms with Crippen molar-refractivity contribution in [3.8, 4) is 5.75 Å². The van der Waals surface area contributed by atoms with Crippen molar-refractivity contribution in [2.45, 2.75) is 6.42 Å². The van der Waals surface area contributed by atoms with E-state index in [0.717, 1.165) is 18.7 Å². The predicted octanol–water partition coefficient (Wildman–Crippen LogP) is 1.20. The Morgan fingerprint density at radius 3 is 3.00 bits per heavy atom. The molecule has 0 radical (unpaired) electrons. The van der Waals surface area contributed by atoms with Gasteiger partial charge in [0.2, 0.25) is 0 Å². The van der Waals surface area contributed by atoms with Gasteiger partial charge in [0.15, 0.2) is 0 Å². The lowest BCUT2D eigenvalue weighted by molar-refractivity contribution is 0.242. The zero-order chi connectivity index (χ0) is 11.5. The van der Waals surface area contributed by atoms with E-state index in [1.807, 2.05) is 0 Å². The fraction of sp³-hybridized carbons (Fsp3) is 0.364. The highest BCUT2D eigenvalue weighted by molar-refractivity contribution is 5.94. The maximum Gasteiger partial charge on any atom is 0.321 e. The van der Waals surface area contributed by atoms with Gasteiger partial charge in [-0.25, -0.2) is 4.79 Å². The highest BCUT2D eigenvalue weighted by Gasteiger charge is 2.21. The summed E-state index contributed by atoms with van der Waals surface area (Å²) in [5.74, 6) is 0.622. The topological polar surface area (TPSA) is 67.6 Å². The van der Waals surface area contributed by atoms with Gasteiger partial charge in [-0.3, -0.25) is 4.90 Å². The summed E-state index contributed by atoms with van der Waals surface area (Å²) in [4.78, 5) is 13.3. The summed E-state index contributed by atoms with van der Waals surface area (Å²) in [5.41, 5.74) is 7.05. The first kappa shape index (κ1) is 10.6. The second kappa shape index (κ2) is 4.30. The summed E-state index contributed by atoms with van der Waals surface area (Å²) in [5, 5.41) is 2.80. The van der Waals surface area contributed by atoms with Crippen molar-refractivity contribution >= 4 is 17.4 Å². The van der Waals surface area contributed by atoms with Crippen LogP contribution in [0.5, 0.6) is 5.75 Å². The van der Waals surface area contributed by atoms with Gasteiger partial charge in [-0.2, -0.15) is 0 Å². The van der Waals surface area contributed by atoms with E-state index >= 15 is 0 Å². The van der Waals surface area contributed by atoms with Crippen LogP contribution in [0, 0.1) is 0 Å². The summed E-state index contributed by atoms with van der Waals surface area (Å²) < 4.78 is 5.23. The van der Waals surface area contributed by atoms with Crippen LogP contribution in [0.2, 0.25) is 0 Å². The molecule has 1 aromatic rings. The second-order valence-corrected chi connectivity index (χ2v) is 3.67. The molecule has 2 rings (SSSR count). The van der Waals surface area contributed by atoms with Gasteiger partial charge in [-0.15, -0.1) is 0 Å². The summed E-state index contributed by atoms with van der Waals surface area (Å²) in [6, 6.07) is 5.20. The van der Waals surface area contributed by atoms with Crippen LogP contribution in [-0.4, -0.2) is 26.2 Å². The number of ether oxygens (including phenoxy) is 1. The molecule has 1 saturated heterocycles. The number of methoxy groups -OCH3 is 1. The van der Waals surface area contributed by atoms with E-state index in [1.54, 1.807) is 30.2 Å². The number of benzene rings is 1. The lowest BCUT2D eigenvalue weighted by Gasteiger charge is -2.28. The molecule has 1 fully saturated rings. The second-order valence-electron chi connectivity index (χ2n) is 3.67. The van der Waals surface area contributed by atoms with Crippen LogP contribution in [-0.2, 0) is 0 Å². The van der Waals surface area contributed by atoms with Gasteiger partial charge < -0.3 is 15.8 Å². The molecular formula is C11H15N3O2. The standard InChI is InChI=1S/C11H15N3O2/c1-16-10-7-8(12)3-4-9(10)14-6-2-5-13-11(14)15/h3-4,7H,2,5-6,12H2,1H3,(H,13,15). The highest BCUT2D eigenvalue weighted by Crippen LogP contribution is 2.31. The molecule has 3 N–H and O–H groups in total. The molecule has 0 aliphatic carbocycles. The third kappa shape index (κ3) is 1.88. The van der Waals surface area contributed by atoms with Crippen LogP contribution in [0.15, 0.2) is 18.2 Å². The predicted molar refractivity (Wildman–Crippen MR) is 62.8 cm³/mol. The first-order valence-electron chi connectivity index (χ1n) is 5.21. The van der Waals surface area contributed by atoms with Gasteiger partial charge in [0.1, 0.15) is 5.75 Å². The molecule has 0 unspecified atom stereocenters. The number of nitrogens with two attached hydrogens (primary N) is 1. The number of nitrogen functional groups attached to an aromatic ring is 1. The largest absolute Gasteiger partial charge is 0.494 e. The lowest BCUT2D eigenvalue weighted by Crippen LogP contribution is -2.46. The van der Waals surface area contributed by atoms with Crippen LogP contribution >= 0.6 is 0 Å². The maximum absolute atomic E-state index is 11.7. The highest BCUT2D eigenvalue weighted by atomic mass is 16.5. The molecule has 86 valence electrons. The third-order valence-corrected chi connectivity index (χ3v) is 2.57. The third-order valence-electron chi connectivity index (χ3n) is 2.57. The minimum Gasteiger partial charge on any atom is -0.494 e. The molecule has 0 bridgehead atoms. The zero-order valence-electron chi connectivity index (χ0n) is 9.19. The van der Waals surface area contributed by atoms with Gasteiger partial charge in [0.25, 0.3) is 0 Å². The van der Waals surface area contributed by atoms with E-state index in [4.69, 9.17) is 10.5 Å². The number of anilines is 2. The number of carbonyl (C=O) groups excluding carboxylic acids is 1. The van der Waals surface area contributed by atoms with Crippen LogP contribution < -0.4 is 20.7 Å². The quantitative estimate of drug-likeness (QED) is 0.737. The first-order valence-corrected chi connectivity index (χ1v) is 5.21. The molecule has 2 amide bonds. The molecule has 0 spiro atoms. The molecule has 0 aromatic heterocycles. The Kier molecular flexibility index (Phi) is 2.85. The Balaban J connectivity index is 2.34. The molecule has 1 heterocycles. The Bertz CT molecular complexity index is 406. The van der Waals surface area contributed by atoms with Crippen molar-refractivity contribution in [1.29, 1.82) is 0 Å². The van der Waals surface area contributed by atoms with Crippen molar-refractivity contribution in [3.05, 3.63) is 18.2 Å². The van der Waals surface area contributed by atoms with Gasteiger partial charge in [-0.1, -0.05) is 0 Å². The van der Waals surface area contributed by atoms with Crippen molar-refractivity contribution in [2.75, 3.05) is 30.8 Å². The molecule has 0 atom stereocenters. The number of nitrogens with zero attached hydrogens (tertiary/aromatic N) is 1. The molecule has 5 nitrogen and oxygen atoms in total. The molecule has 1 aliphatic heterocycles. The van der Waals surface area contributed by atoms with Crippen molar-refractivity contribution in [3.63, 3.8) is 0 Å². The van der Waals surface area contributed by atoms with Crippen LogP contribution in [0.25, 0.3) is 0 Å². The fourth-order valence-electron chi connectivity index (χ4n) is 1.78. The average molecular weight is 221 g/mol. The van der Waals surface area contributed by atoms with Crippen molar-refractivity contribution < 1.29 is 9.53 Å². The van der Waals surface area contributed by atoms with E-state index in [0.29, 0.717) is 18.0 Å². The molecule has 16 heavy (non-hydrogen) atoms. The Morgan fingerprint density at radius 2 is 2.31 bits per heavy atom. The number of hydrogen-bond acceptors (Lipinski definition) is 3.